The van der Waals surface area contributed by atoms with Crippen molar-refractivity contribution in [2.45, 2.75) is 24.9 Å². The van der Waals surface area contributed by atoms with Crippen LogP contribution in [0.15, 0.2) is 0 Å². The summed E-state index contributed by atoms with van der Waals surface area (Å²) in [4.78, 5) is 34.7. The third-order valence-electron chi connectivity index (χ3n) is 1.98. The van der Waals surface area contributed by atoms with Crippen LogP contribution in [0.1, 0.15) is 12.8 Å². The van der Waals surface area contributed by atoms with Crippen molar-refractivity contribution in [3.63, 3.8) is 0 Å². The molecule has 1 fully saturated rings. The van der Waals surface area contributed by atoms with Gasteiger partial charge in [0.05, 0.1) is 12.7 Å². The van der Waals surface area contributed by atoms with Gasteiger partial charge in [0.25, 0.3) is 0 Å². The molecular formula is C5H13BO11P3. The molecule has 2 unspecified atom stereocenters. The van der Waals surface area contributed by atoms with Gasteiger partial charge in [0.1, 0.15) is 7.81 Å². The van der Waals surface area contributed by atoms with Gasteiger partial charge in [0, 0.05) is 6.00 Å². The van der Waals surface area contributed by atoms with E-state index in [0.29, 0.717) is 12.8 Å². The van der Waals surface area contributed by atoms with E-state index < -0.39 is 42.2 Å². The van der Waals surface area contributed by atoms with Crippen LogP contribution in [-0.4, -0.2) is 47.4 Å². The number of phosphoric acid groups is 3. The molecule has 1 heterocycles. The molecule has 0 bridgehead atoms. The summed E-state index contributed by atoms with van der Waals surface area (Å²) in [5.74, 6) is 0. The Balaban J connectivity index is 2.48. The van der Waals surface area contributed by atoms with Crippen LogP contribution in [-0.2, 0) is 31.6 Å². The number of rotatable bonds is 8. The maximum Gasteiger partial charge on any atom is 0.490 e. The summed E-state index contributed by atoms with van der Waals surface area (Å²) in [6, 6.07) is -0.445. The van der Waals surface area contributed by atoms with Crippen LogP contribution in [0.3, 0.4) is 0 Å². The molecule has 20 heavy (non-hydrogen) atoms. The lowest BCUT2D eigenvalue weighted by Gasteiger charge is -2.17. The van der Waals surface area contributed by atoms with Crippen LogP contribution in [0.2, 0.25) is 0 Å². The first-order chi connectivity index (χ1) is 9.42. The van der Waals surface area contributed by atoms with Crippen LogP contribution >= 0.6 is 23.5 Å². The van der Waals surface area contributed by atoms with E-state index in [-0.39, 0.29) is 0 Å². The SMILES string of the molecule is [2H][B][C@H]1CC[C@@H](COP(=O)(O)OP(=O)(O)OP(=O)(O)O)O1. The Kier molecular flexibility index (Phi) is 5.61. The molecule has 15 heteroatoms. The summed E-state index contributed by atoms with van der Waals surface area (Å²) in [6.45, 7) is -0.478. The second-order valence-corrected chi connectivity index (χ2v) is 8.18. The minimum Gasteiger partial charge on any atom is -0.382 e. The zero-order valence-corrected chi connectivity index (χ0v) is 12.5. The quantitative estimate of drug-likeness (QED) is 0.334. The Hall–Kier alpha value is 0.435. The van der Waals surface area contributed by atoms with Crippen LogP contribution in [0.4, 0.5) is 0 Å². The van der Waals surface area contributed by atoms with Crippen molar-refractivity contribution in [1.82, 2.24) is 0 Å². The van der Waals surface area contributed by atoms with Crippen molar-refractivity contribution in [3.05, 3.63) is 0 Å². The Morgan fingerprint density at radius 1 is 1.15 bits per heavy atom. The standard InChI is InChI=1S/C5H13BO11P3/c6-5-2-1-4(15-5)3-14-19(10,11)17-20(12,13)16-18(7,8)9/h4-6H,1-3H2,(H,10,11)(H,12,13)(H2,7,8,9)/t4-,5+/m0/s1/i6D. The van der Waals surface area contributed by atoms with Crippen LogP contribution in [0, 0.1) is 0 Å². The topological polar surface area (TPSA) is 169 Å². The molecule has 1 aliphatic rings. The summed E-state index contributed by atoms with van der Waals surface area (Å²) in [6.07, 6.45) is 0.311. The van der Waals surface area contributed by atoms with E-state index in [2.05, 4.69) is 13.1 Å². The number of phosphoric ester groups is 1. The van der Waals surface area contributed by atoms with Crippen LogP contribution in [0.5, 0.6) is 0 Å². The Morgan fingerprint density at radius 2 is 1.80 bits per heavy atom. The lowest BCUT2D eigenvalue weighted by atomic mass is 9.97. The molecule has 1 aliphatic heterocycles. The molecule has 0 aromatic carbocycles. The van der Waals surface area contributed by atoms with E-state index in [1.165, 1.54) is 0 Å². The number of ether oxygens (including phenoxy) is 1. The molecule has 4 atom stereocenters. The summed E-state index contributed by atoms with van der Waals surface area (Å²) >= 11 is 0. The molecule has 11 nitrogen and oxygen atoms in total. The summed E-state index contributed by atoms with van der Waals surface area (Å²) in [5, 5.41) is 0. The maximum atomic E-state index is 11.4. The first kappa shape index (κ1) is 16.8. The van der Waals surface area contributed by atoms with Crippen LogP contribution in [0.25, 0.3) is 0 Å². The highest BCUT2D eigenvalue weighted by Gasteiger charge is 2.41. The van der Waals surface area contributed by atoms with Crippen molar-refractivity contribution in [1.29, 1.82) is 1.34 Å². The Labute approximate surface area is 116 Å². The van der Waals surface area contributed by atoms with Crippen molar-refractivity contribution in [3.8, 4) is 0 Å². The molecule has 1 saturated heterocycles. The molecule has 0 aromatic rings. The fraction of sp³-hybridized carbons (Fsp3) is 1.00. The summed E-state index contributed by atoms with van der Waals surface area (Å²) in [7, 11) is -14.9. The Morgan fingerprint density at radius 3 is 2.30 bits per heavy atom. The minimum absolute atomic E-state index is 0.426. The van der Waals surface area contributed by atoms with Crippen molar-refractivity contribution >= 4 is 31.3 Å². The van der Waals surface area contributed by atoms with Gasteiger partial charge in [-0.1, -0.05) is 0 Å². The first-order valence-corrected chi connectivity index (χ1v) is 9.60. The predicted molar refractivity (Wildman–Crippen MR) is 64.9 cm³/mol. The van der Waals surface area contributed by atoms with Crippen molar-refractivity contribution in [2.75, 3.05) is 6.61 Å². The highest BCUT2D eigenvalue weighted by Crippen LogP contribution is 2.66. The van der Waals surface area contributed by atoms with Gasteiger partial charge < -0.3 is 24.3 Å². The number of hydrogen-bond donors (Lipinski definition) is 4. The van der Waals surface area contributed by atoms with E-state index in [0.717, 1.165) is 7.81 Å². The zero-order valence-electron chi connectivity index (χ0n) is 10.8. The molecular weight excluding hydrogens is 340 g/mol. The first-order valence-electron chi connectivity index (χ1n) is 5.66. The van der Waals surface area contributed by atoms with E-state index in [9.17, 15) is 18.6 Å². The van der Waals surface area contributed by atoms with Crippen molar-refractivity contribution < 1.29 is 51.2 Å². The lowest BCUT2D eigenvalue weighted by molar-refractivity contribution is 0.0400. The van der Waals surface area contributed by atoms with Crippen molar-refractivity contribution in [2.24, 2.45) is 0 Å². The third-order valence-corrected chi connectivity index (χ3v) is 5.78. The lowest BCUT2D eigenvalue weighted by Crippen LogP contribution is -2.16. The van der Waals surface area contributed by atoms with Crippen LogP contribution < -0.4 is 0 Å². The van der Waals surface area contributed by atoms with Gasteiger partial charge >= 0.3 is 23.5 Å². The summed E-state index contributed by atoms with van der Waals surface area (Å²) in [5.41, 5.74) is 0. The fourth-order valence-electron chi connectivity index (χ4n) is 1.34. The van der Waals surface area contributed by atoms with Gasteiger partial charge in [-0.3, -0.25) is 4.52 Å². The minimum atomic E-state index is -5.49. The number of hydrogen-bond acceptors (Lipinski definition) is 7. The fourth-order valence-corrected chi connectivity index (χ4v) is 4.39. The van der Waals surface area contributed by atoms with Gasteiger partial charge in [-0.2, -0.15) is 8.62 Å². The average Bonchev–Trinajstić information content (AvgIpc) is 2.69. The van der Waals surface area contributed by atoms with Gasteiger partial charge in [0.15, 0.2) is 0 Å². The molecule has 117 valence electrons. The zero-order chi connectivity index (χ0) is 16.3. The molecule has 0 aromatic heterocycles. The molecule has 1 rings (SSSR count). The van der Waals surface area contributed by atoms with E-state index in [4.69, 9.17) is 20.8 Å². The third kappa shape index (κ3) is 7.45. The smallest absolute Gasteiger partial charge is 0.382 e. The largest absolute Gasteiger partial charge is 0.490 e. The molecule has 1 radical (unpaired) electrons. The van der Waals surface area contributed by atoms with E-state index in [1.807, 2.05) is 0 Å². The molecule has 4 N–H and O–H groups in total. The van der Waals surface area contributed by atoms with Gasteiger partial charge in [-0.15, -0.1) is 0 Å². The normalized spacial score (nSPS) is 30.3. The van der Waals surface area contributed by atoms with Gasteiger partial charge in [-0.25, -0.2) is 13.7 Å². The molecule has 0 saturated carbocycles. The highest BCUT2D eigenvalue weighted by molar-refractivity contribution is 7.66. The van der Waals surface area contributed by atoms with E-state index >= 15 is 0 Å². The highest BCUT2D eigenvalue weighted by atomic mass is 31.3. The Bertz CT molecular complexity index is 494. The maximum absolute atomic E-state index is 11.4. The predicted octanol–water partition coefficient (Wildman–Crippen LogP) is -0.264. The molecule has 0 spiro atoms. The molecule has 0 amide bonds. The second-order valence-electron chi connectivity index (χ2n) is 3.76. The molecule has 0 aliphatic carbocycles. The van der Waals surface area contributed by atoms with Gasteiger partial charge in [-0.05, 0) is 14.2 Å². The van der Waals surface area contributed by atoms with Gasteiger partial charge in [0.2, 0.25) is 0 Å². The monoisotopic (exact) mass is 354 g/mol. The summed E-state index contributed by atoms with van der Waals surface area (Å²) < 4.78 is 56.4. The second kappa shape index (κ2) is 6.68. The van der Waals surface area contributed by atoms with E-state index in [1.54, 1.807) is 0 Å². The average molecular weight is 354 g/mol.